The Labute approximate surface area is 310 Å². The number of unbranched alkanes of at least 4 members (excludes halogenated alkanes) is 11. The van der Waals surface area contributed by atoms with E-state index in [1.54, 1.807) is 19.9 Å². The van der Waals surface area contributed by atoms with Gasteiger partial charge >= 0.3 is 11.9 Å². The molecule has 0 fully saturated rings. The highest BCUT2D eigenvalue weighted by molar-refractivity contribution is 5.97. The van der Waals surface area contributed by atoms with E-state index in [4.69, 9.17) is 9.47 Å². The zero-order chi connectivity index (χ0) is 36.7. The molecule has 2 aliphatic rings. The van der Waals surface area contributed by atoms with Gasteiger partial charge in [-0.25, -0.2) is 14.2 Å². The third-order valence-electron chi connectivity index (χ3n) is 10.5. The van der Waals surface area contributed by atoms with Gasteiger partial charge in [-0.2, -0.15) is 0 Å². The molecule has 0 bridgehead atoms. The number of carbonyl (C=O) groups excluding carboxylic acids is 2. The number of aromatic hydroxyl groups is 2. The van der Waals surface area contributed by atoms with E-state index in [0.29, 0.717) is 17.9 Å². The summed E-state index contributed by atoms with van der Waals surface area (Å²) in [5.74, 6) is -0.885. The number of rotatable bonds is 20. The zero-order valence-electron chi connectivity index (χ0n) is 31.5. The minimum absolute atomic E-state index is 0.103. The Morgan fingerprint density at radius 3 is 2.08 bits per heavy atom. The van der Waals surface area contributed by atoms with Crippen LogP contribution in [0.3, 0.4) is 0 Å². The van der Waals surface area contributed by atoms with E-state index in [1.165, 1.54) is 81.5 Å². The second-order valence-electron chi connectivity index (χ2n) is 14.5. The lowest BCUT2D eigenvalue weighted by molar-refractivity contribution is -0.697. The number of nitrogens with zero attached hydrogens (tertiary/aromatic N) is 2. The molecule has 52 heavy (non-hydrogen) atoms. The van der Waals surface area contributed by atoms with Gasteiger partial charge in [-0.3, -0.25) is 0 Å². The first-order chi connectivity index (χ1) is 25.4. The van der Waals surface area contributed by atoms with Gasteiger partial charge in [0.2, 0.25) is 0 Å². The summed E-state index contributed by atoms with van der Waals surface area (Å²) >= 11 is 0. The smallest absolute Gasteiger partial charge is 0.342 e. The number of hydrogen-bond donors (Lipinski definition) is 2. The number of benzene rings is 2. The molecule has 1 aromatic heterocycles. The highest BCUT2D eigenvalue weighted by Crippen LogP contribution is 2.42. The van der Waals surface area contributed by atoms with Crippen LogP contribution in [0.15, 0.2) is 42.7 Å². The van der Waals surface area contributed by atoms with Crippen LogP contribution in [0.2, 0.25) is 0 Å². The minimum atomic E-state index is -0.563. The summed E-state index contributed by atoms with van der Waals surface area (Å²) in [5.41, 5.74) is 6.76. The lowest BCUT2D eigenvalue weighted by Gasteiger charge is -2.37. The van der Waals surface area contributed by atoms with Gasteiger partial charge in [0.1, 0.15) is 23.6 Å². The van der Waals surface area contributed by atoms with Gasteiger partial charge in [-0.05, 0) is 87.3 Å². The van der Waals surface area contributed by atoms with E-state index in [9.17, 15) is 19.8 Å². The van der Waals surface area contributed by atoms with Gasteiger partial charge in [-0.1, -0.05) is 69.9 Å². The summed E-state index contributed by atoms with van der Waals surface area (Å²) in [4.78, 5) is 26.9. The molecular formula is C44H59N2O6+. The maximum Gasteiger partial charge on any atom is 0.342 e. The summed E-state index contributed by atoms with van der Waals surface area (Å²) in [5, 5.41) is 21.3. The molecule has 0 saturated heterocycles. The van der Waals surface area contributed by atoms with Crippen molar-refractivity contribution in [1.82, 2.24) is 0 Å². The largest absolute Gasteiger partial charge is 0.507 e. The topological polar surface area (TPSA) is 100 Å². The van der Waals surface area contributed by atoms with Crippen molar-refractivity contribution >= 4 is 29.8 Å². The maximum atomic E-state index is 12.5. The molecule has 2 aliphatic heterocycles. The molecule has 2 aromatic carbocycles. The van der Waals surface area contributed by atoms with Crippen molar-refractivity contribution in [3.8, 4) is 11.5 Å². The maximum absolute atomic E-state index is 12.5. The molecule has 0 saturated carbocycles. The van der Waals surface area contributed by atoms with E-state index in [0.717, 1.165) is 74.8 Å². The first-order valence-electron chi connectivity index (χ1n) is 19.8. The lowest BCUT2D eigenvalue weighted by Crippen LogP contribution is -2.34. The Hall–Kier alpha value is -4.33. The van der Waals surface area contributed by atoms with Crippen LogP contribution in [0.25, 0.3) is 12.2 Å². The van der Waals surface area contributed by atoms with Gasteiger partial charge < -0.3 is 24.6 Å². The van der Waals surface area contributed by atoms with Crippen LogP contribution in [-0.2, 0) is 28.9 Å². The number of carbonyl (C=O) groups is 2. The van der Waals surface area contributed by atoms with Crippen LogP contribution < -0.4 is 9.47 Å². The highest BCUT2D eigenvalue weighted by atomic mass is 16.5. The molecule has 280 valence electrons. The van der Waals surface area contributed by atoms with E-state index in [1.807, 2.05) is 0 Å². The molecule has 0 radical (unpaired) electrons. The van der Waals surface area contributed by atoms with Crippen molar-refractivity contribution in [2.45, 2.75) is 123 Å². The Balaban J connectivity index is 0.864. The molecule has 3 aromatic rings. The van der Waals surface area contributed by atoms with E-state index < -0.39 is 11.9 Å². The predicted molar refractivity (Wildman–Crippen MR) is 207 cm³/mol. The van der Waals surface area contributed by atoms with Crippen LogP contribution in [0, 0.1) is 6.92 Å². The van der Waals surface area contributed by atoms with Crippen molar-refractivity contribution < 1.29 is 33.8 Å². The number of phenols is 2. The van der Waals surface area contributed by atoms with Crippen molar-refractivity contribution in [1.29, 1.82) is 0 Å². The average Bonchev–Trinajstić information content (AvgIpc) is 3.14. The first-order valence-corrected chi connectivity index (χ1v) is 19.8. The van der Waals surface area contributed by atoms with Crippen molar-refractivity contribution in [2.75, 3.05) is 31.2 Å². The van der Waals surface area contributed by atoms with Gasteiger partial charge in [0.05, 0.1) is 18.8 Å². The molecule has 8 heteroatoms. The Morgan fingerprint density at radius 2 is 1.42 bits per heavy atom. The molecule has 0 aliphatic carbocycles. The zero-order valence-corrected chi connectivity index (χ0v) is 31.5. The van der Waals surface area contributed by atoms with Gasteiger partial charge in [0.25, 0.3) is 0 Å². The average molecular weight is 712 g/mol. The van der Waals surface area contributed by atoms with E-state index in [2.05, 4.69) is 52.2 Å². The summed E-state index contributed by atoms with van der Waals surface area (Å²) in [6, 6.07) is 9.33. The standard InChI is InChI=1S/C44H58N2O6/c1-3-51-43(49)37-30-33(2)40(39(47)32-37)44(50)52-29-15-13-11-9-7-5-4-6-8-10-12-14-24-45-27-22-34(23-28-45)20-21-36-31-35-18-16-25-46-26-17-19-38(41(35)46)42(36)48/h20-23,27-28,30-32H,3-19,24-26,29H2,1-2H3,(H,47,50)/p+1. The number of phenolic OH excluding ortho intramolecular Hbond substituents is 2. The van der Waals surface area contributed by atoms with Crippen molar-refractivity contribution in [3.63, 3.8) is 0 Å². The molecule has 0 atom stereocenters. The van der Waals surface area contributed by atoms with Gasteiger partial charge in [-0.15, -0.1) is 0 Å². The molecule has 0 unspecified atom stereocenters. The first kappa shape index (κ1) is 38.9. The lowest BCUT2D eigenvalue weighted by atomic mass is 9.89. The normalized spacial score (nSPS) is 13.7. The molecule has 3 heterocycles. The molecular weight excluding hydrogens is 652 g/mol. The fourth-order valence-electron chi connectivity index (χ4n) is 7.68. The van der Waals surface area contributed by atoms with Crippen LogP contribution in [0.1, 0.15) is 145 Å². The summed E-state index contributed by atoms with van der Waals surface area (Å²) in [6.45, 7) is 7.22. The number of ether oxygens (including phenoxy) is 2. The van der Waals surface area contributed by atoms with Crippen molar-refractivity contribution in [3.05, 3.63) is 81.7 Å². The highest BCUT2D eigenvalue weighted by Gasteiger charge is 2.27. The van der Waals surface area contributed by atoms with Crippen LogP contribution >= 0.6 is 0 Å². The van der Waals surface area contributed by atoms with Crippen LogP contribution in [-0.4, -0.2) is 48.5 Å². The number of anilines is 1. The Kier molecular flexibility index (Phi) is 15.0. The number of esters is 2. The summed E-state index contributed by atoms with van der Waals surface area (Å²) < 4.78 is 12.6. The third kappa shape index (κ3) is 10.8. The predicted octanol–water partition coefficient (Wildman–Crippen LogP) is 9.28. The van der Waals surface area contributed by atoms with Gasteiger partial charge in [0.15, 0.2) is 12.4 Å². The molecule has 5 rings (SSSR count). The Bertz CT molecular complexity index is 1640. The second kappa shape index (κ2) is 20.1. The van der Waals surface area contributed by atoms with E-state index >= 15 is 0 Å². The second-order valence-corrected chi connectivity index (χ2v) is 14.5. The quantitative estimate of drug-likeness (QED) is 0.0685. The fourth-order valence-corrected chi connectivity index (χ4v) is 7.68. The van der Waals surface area contributed by atoms with Crippen LogP contribution in [0.4, 0.5) is 5.69 Å². The monoisotopic (exact) mass is 711 g/mol. The molecule has 0 amide bonds. The number of hydrogen-bond acceptors (Lipinski definition) is 7. The number of aromatic nitrogens is 1. The van der Waals surface area contributed by atoms with E-state index in [-0.39, 0.29) is 23.5 Å². The Morgan fingerprint density at radius 1 is 0.788 bits per heavy atom. The summed E-state index contributed by atoms with van der Waals surface area (Å²) in [6.07, 6.45) is 27.2. The fraction of sp³-hybridized carbons (Fsp3) is 0.523. The molecule has 8 nitrogen and oxygen atoms in total. The SMILES string of the molecule is CCOC(=O)c1cc(C)c(C(=O)OCCCCCCCCCCCCCC[n+]2ccc(C=Cc3cc4c5c(c3O)CCCN5CCC4)cc2)c(O)c1. The molecule has 2 N–H and O–H groups in total. The molecule has 0 spiro atoms. The third-order valence-corrected chi connectivity index (χ3v) is 10.5. The van der Waals surface area contributed by atoms with Gasteiger partial charge in [0, 0.05) is 48.5 Å². The van der Waals surface area contributed by atoms with Crippen LogP contribution in [0.5, 0.6) is 11.5 Å². The number of aryl methyl sites for hydroxylation is 3. The number of pyridine rings is 1. The van der Waals surface area contributed by atoms with Crippen molar-refractivity contribution in [2.24, 2.45) is 0 Å². The summed E-state index contributed by atoms with van der Waals surface area (Å²) in [7, 11) is 0. The minimum Gasteiger partial charge on any atom is -0.507 e.